The van der Waals surface area contributed by atoms with Crippen LogP contribution in [0.5, 0.6) is 0 Å². The lowest BCUT2D eigenvalue weighted by molar-refractivity contribution is -0.127. The van der Waals surface area contributed by atoms with Gasteiger partial charge in [-0.05, 0) is 35.2 Å². The molecule has 2 heteroatoms. The molecule has 3 rings (SSSR count). The van der Waals surface area contributed by atoms with Gasteiger partial charge in [0.05, 0.1) is 0 Å². The SMILES string of the molecule is O=C(NCc1ccc2ccccc2c1)C1CCC1. The molecule has 0 unspecified atom stereocenters. The zero-order valence-electron chi connectivity index (χ0n) is 10.4. The zero-order chi connectivity index (χ0) is 12.4. The molecule has 92 valence electrons. The summed E-state index contributed by atoms with van der Waals surface area (Å²) in [5.74, 6) is 0.486. The average molecular weight is 239 g/mol. The molecule has 2 aromatic carbocycles. The van der Waals surface area contributed by atoms with Gasteiger partial charge in [-0.15, -0.1) is 0 Å². The van der Waals surface area contributed by atoms with E-state index < -0.39 is 0 Å². The highest BCUT2D eigenvalue weighted by Crippen LogP contribution is 2.26. The van der Waals surface area contributed by atoms with Crippen molar-refractivity contribution in [3.63, 3.8) is 0 Å². The Morgan fingerprint density at radius 3 is 2.61 bits per heavy atom. The predicted octanol–water partition coefficient (Wildman–Crippen LogP) is 3.26. The van der Waals surface area contributed by atoms with Gasteiger partial charge in [-0.1, -0.05) is 42.8 Å². The summed E-state index contributed by atoms with van der Waals surface area (Å²) in [7, 11) is 0. The monoisotopic (exact) mass is 239 g/mol. The Bertz CT molecular complexity index is 572. The van der Waals surface area contributed by atoms with Crippen molar-refractivity contribution in [3.8, 4) is 0 Å². The van der Waals surface area contributed by atoms with Crippen molar-refractivity contribution in [3.05, 3.63) is 48.0 Å². The van der Waals surface area contributed by atoms with Crippen LogP contribution in [-0.4, -0.2) is 5.91 Å². The van der Waals surface area contributed by atoms with Gasteiger partial charge in [0.25, 0.3) is 0 Å². The van der Waals surface area contributed by atoms with Crippen LogP contribution in [0.1, 0.15) is 24.8 Å². The molecule has 0 spiro atoms. The van der Waals surface area contributed by atoms with Crippen molar-refractivity contribution in [2.45, 2.75) is 25.8 Å². The van der Waals surface area contributed by atoms with Gasteiger partial charge in [-0.3, -0.25) is 4.79 Å². The maximum Gasteiger partial charge on any atom is 0.223 e. The van der Waals surface area contributed by atoms with Crippen LogP contribution in [-0.2, 0) is 11.3 Å². The van der Waals surface area contributed by atoms with E-state index in [0.717, 1.165) is 12.8 Å². The second-order valence-corrected chi connectivity index (χ2v) is 5.03. The van der Waals surface area contributed by atoms with Crippen molar-refractivity contribution in [2.24, 2.45) is 5.92 Å². The van der Waals surface area contributed by atoms with Crippen molar-refractivity contribution in [1.82, 2.24) is 5.32 Å². The van der Waals surface area contributed by atoms with Gasteiger partial charge in [-0.25, -0.2) is 0 Å². The highest BCUT2D eigenvalue weighted by Gasteiger charge is 2.24. The van der Waals surface area contributed by atoms with E-state index in [0.29, 0.717) is 6.54 Å². The second-order valence-electron chi connectivity index (χ2n) is 5.03. The molecule has 0 aromatic heterocycles. The largest absolute Gasteiger partial charge is 0.352 e. The molecule has 1 aliphatic carbocycles. The molecular weight excluding hydrogens is 222 g/mol. The quantitative estimate of drug-likeness (QED) is 0.875. The second kappa shape index (κ2) is 4.81. The molecule has 1 saturated carbocycles. The lowest BCUT2D eigenvalue weighted by Crippen LogP contribution is -2.33. The van der Waals surface area contributed by atoms with E-state index >= 15 is 0 Å². The molecule has 0 atom stereocenters. The number of amides is 1. The van der Waals surface area contributed by atoms with Gasteiger partial charge in [0.2, 0.25) is 5.91 Å². The van der Waals surface area contributed by atoms with Crippen LogP contribution in [0.15, 0.2) is 42.5 Å². The molecule has 1 fully saturated rings. The van der Waals surface area contributed by atoms with Crippen molar-refractivity contribution >= 4 is 16.7 Å². The molecule has 0 saturated heterocycles. The molecule has 1 N–H and O–H groups in total. The van der Waals surface area contributed by atoms with E-state index in [2.05, 4.69) is 35.6 Å². The summed E-state index contributed by atoms with van der Waals surface area (Å²) in [6.07, 6.45) is 3.32. The van der Waals surface area contributed by atoms with Crippen LogP contribution in [0, 0.1) is 5.92 Å². The van der Waals surface area contributed by atoms with Crippen LogP contribution in [0.25, 0.3) is 10.8 Å². The van der Waals surface area contributed by atoms with Crippen LogP contribution >= 0.6 is 0 Å². The van der Waals surface area contributed by atoms with E-state index in [1.54, 1.807) is 0 Å². The van der Waals surface area contributed by atoms with Crippen LogP contribution in [0.2, 0.25) is 0 Å². The first-order valence-corrected chi connectivity index (χ1v) is 6.58. The van der Waals surface area contributed by atoms with Gasteiger partial charge in [0.15, 0.2) is 0 Å². The van der Waals surface area contributed by atoms with Gasteiger partial charge >= 0.3 is 0 Å². The molecule has 0 radical (unpaired) electrons. The Hall–Kier alpha value is -1.83. The number of hydrogen-bond acceptors (Lipinski definition) is 1. The maximum atomic E-state index is 11.8. The Labute approximate surface area is 107 Å². The smallest absolute Gasteiger partial charge is 0.223 e. The van der Waals surface area contributed by atoms with Crippen LogP contribution in [0.3, 0.4) is 0 Å². The summed E-state index contributed by atoms with van der Waals surface area (Å²) in [6, 6.07) is 14.6. The summed E-state index contributed by atoms with van der Waals surface area (Å²) in [5, 5.41) is 5.50. The summed E-state index contributed by atoms with van der Waals surface area (Å²) < 4.78 is 0. The van der Waals surface area contributed by atoms with Crippen LogP contribution in [0.4, 0.5) is 0 Å². The van der Waals surface area contributed by atoms with E-state index in [9.17, 15) is 4.79 Å². The Kier molecular flexibility index (Phi) is 3.01. The molecule has 2 aromatic rings. The fourth-order valence-electron chi connectivity index (χ4n) is 2.35. The number of benzene rings is 2. The highest BCUT2D eigenvalue weighted by molar-refractivity contribution is 5.83. The summed E-state index contributed by atoms with van der Waals surface area (Å²) in [4.78, 5) is 11.8. The van der Waals surface area contributed by atoms with E-state index in [1.165, 1.54) is 22.8 Å². The van der Waals surface area contributed by atoms with Crippen molar-refractivity contribution in [1.29, 1.82) is 0 Å². The summed E-state index contributed by atoms with van der Waals surface area (Å²) >= 11 is 0. The number of carbonyl (C=O) groups is 1. The lowest BCUT2D eigenvalue weighted by atomic mass is 9.85. The topological polar surface area (TPSA) is 29.1 Å². The fraction of sp³-hybridized carbons (Fsp3) is 0.312. The first-order chi connectivity index (χ1) is 8.83. The van der Waals surface area contributed by atoms with Gasteiger partial charge < -0.3 is 5.32 Å². The van der Waals surface area contributed by atoms with Crippen molar-refractivity contribution < 1.29 is 4.79 Å². The number of nitrogens with one attached hydrogen (secondary N) is 1. The molecule has 0 bridgehead atoms. The maximum absolute atomic E-state index is 11.8. The average Bonchev–Trinajstić information content (AvgIpc) is 2.34. The number of carbonyl (C=O) groups excluding carboxylic acids is 1. The molecule has 0 heterocycles. The predicted molar refractivity (Wildman–Crippen MR) is 73.1 cm³/mol. The molecular formula is C16H17NO. The Morgan fingerprint density at radius 1 is 1.11 bits per heavy atom. The van der Waals surface area contributed by atoms with Gasteiger partial charge in [-0.2, -0.15) is 0 Å². The Balaban J connectivity index is 1.68. The zero-order valence-corrected chi connectivity index (χ0v) is 10.4. The molecule has 18 heavy (non-hydrogen) atoms. The van der Waals surface area contributed by atoms with Crippen molar-refractivity contribution in [2.75, 3.05) is 0 Å². The van der Waals surface area contributed by atoms with E-state index in [-0.39, 0.29) is 11.8 Å². The third-order valence-corrected chi connectivity index (χ3v) is 3.76. The Morgan fingerprint density at radius 2 is 1.89 bits per heavy atom. The number of rotatable bonds is 3. The lowest BCUT2D eigenvalue weighted by Gasteiger charge is -2.24. The first kappa shape index (κ1) is 11.3. The third-order valence-electron chi connectivity index (χ3n) is 3.76. The minimum atomic E-state index is 0.217. The molecule has 1 amide bonds. The van der Waals surface area contributed by atoms with E-state index in [4.69, 9.17) is 0 Å². The molecule has 2 nitrogen and oxygen atoms in total. The van der Waals surface area contributed by atoms with Crippen LogP contribution < -0.4 is 5.32 Å². The highest BCUT2D eigenvalue weighted by atomic mass is 16.1. The summed E-state index contributed by atoms with van der Waals surface area (Å²) in [6.45, 7) is 0.639. The van der Waals surface area contributed by atoms with Gasteiger partial charge in [0.1, 0.15) is 0 Å². The number of fused-ring (bicyclic) bond motifs is 1. The normalized spacial score (nSPS) is 15.3. The van der Waals surface area contributed by atoms with E-state index in [1.807, 2.05) is 12.1 Å². The minimum Gasteiger partial charge on any atom is -0.352 e. The molecule has 1 aliphatic rings. The molecule has 0 aliphatic heterocycles. The van der Waals surface area contributed by atoms with Gasteiger partial charge in [0, 0.05) is 12.5 Å². The fourth-order valence-corrected chi connectivity index (χ4v) is 2.35. The summed E-state index contributed by atoms with van der Waals surface area (Å²) in [5.41, 5.74) is 1.17. The number of hydrogen-bond donors (Lipinski definition) is 1. The first-order valence-electron chi connectivity index (χ1n) is 6.58. The minimum absolute atomic E-state index is 0.217. The standard InChI is InChI=1S/C16H17NO/c18-16(14-6-3-7-14)17-11-12-8-9-13-4-1-2-5-15(13)10-12/h1-2,4-5,8-10,14H,3,6-7,11H2,(H,17,18). The third kappa shape index (κ3) is 2.23.